The van der Waals surface area contributed by atoms with Crippen molar-refractivity contribution in [3.05, 3.63) is 39.4 Å². The van der Waals surface area contributed by atoms with Crippen LogP contribution in [-0.4, -0.2) is 16.9 Å². The van der Waals surface area contributed by atoms with Crippen molar-refractivity contribution >= 4 is 11.5 Å². The summed E-state index contributed by atoms with van der Waals surface area (Å²) >= 11 is 0. The molecule has 4 nitrogen and oxygen atoms in total. The summed E-state index contributed by atoms with van der Waals surface area (Å²) in [6.45, 7) is 0. The van der Waals surface area contributed by atoms with E-state index in [1.807, 2.05) is 0 Å². The summed E-state index contributed by atoms with van der Waals surface area (Å²) in [5.41, 5.74) is 1.06. The molecule has 0 spiro atoms. The van der Waals surface area contributed by atoms with E-state index in [1.54, 1.807) is 0 Å². The van der Waals surface area contributed by atoms with Crippen LogP contribution in [0.4, 0.5) is 18.9 Å². The number of alkyl halides is 3. The zero-order valence-electron chi connectivity index (χ0n) is 10.2. The van der Waals surface area contributed by atoms with Crippen LogP contribution in [0.5, 0.6) is 0 Å². The molecule has 0 N–H and O–H groups in total. The highest BCUT2D eigenvalue weighted by atomic mass is 19.4. The van der Waals surface area contributed by atoms with Gasteiger partial charge in [-0.05, 0) is 35.8 Å². The third-order valence-electron chi connectivity index (χ3n) is 4.32. The van der Waals surface area contributed by atoms with Crippen molar-refractivity contribution in [3.8, 4) is 0 Å². The van der Waals surface area contributed by atoms with Gasteiger partial charge in [-0.2, -0.15) is 13.2 Å². The van der Waals surface area contributed by atoms with Gasteiger partial charge in [-0.1, -0.05) is 6.07 Å². The van der Waals surface area contributed by atoms with Gasteiger partial charge in [-0.3, -0.25) is 14.9 Å². The minimum atomic E-state index is -4.85. The van der Waals surface area contributed by atoms with E-state index >= 15 is 0 Å². The normalized spacial score (nSPS) is 27.4. The van der Waals surface area contributed by atoms with Crippen molar-refractivity contribution in [2.24, 2.45) is 5.92 Å². The number of fused-ring (bicyclic) bond motifs is 5. The van der Waals surface area contributed by atoms with Crippen LogP contribution < -0.4 is 0 Å². The number of non-ortho nitro benzene ring substituents is 1. The number of benzene rings is 1. The molecule has 1 fully saturated rings. The molecule has 0 aromatic heterocycles. The Morgan fingerprint density at radius 1 is 1.20 bits per heavy atom. The van der Waals surface area contributed by atoms with Gasteiger partial charge in [0.05, 0.1) is 4.92 Å². The Labute approximate surface area is 111 Å². The van der Waals surface area contributed by atoms with Crippen molar-refractivity contribution in [3.63, 3.8) is 0 Å². The Morgan fingerprint density at radius 2 is 1.80 bits per heavy atom. The molecule has 20 heavy (non-hydrogen) atoms. The first-order chi connectivity index (χ1) is 9.30. The summed E-state index contributed by atoms with van der Waals surface area (Å²) in [4.78, 5) is 21.7. The van der Waals surface area contributed by atoms with Crippen molar-refractivity contribution in [1.29, 1.82) is 0 Å². The number of Topliss-reactive ketones (excluding diaryl/α,β-unsaturated/α-hetero) is 1. The maximum absolute atomic E-state index is 12.6. The lowest BCUT2D eigenvalue weighted by molar-refractivity contribution is -0.384. The van der Waals surface area contributed by atoms with Crippen molar-refractivity contribution in [1.82, 2.24) is 0 Å². The minimum Gasteiger partial charge on any atom is -0.289 e. The third kappa shape index (κ3) is 1.72. The van der Waals surface area contributed by atoms with E-state index in [1.165, 1.54) is 18.2 Å². The quantitative estimate of drug-likeness (QED) is 0.618. The van der Waals surface area contributed by atoms with E-state index in [-0.39, 0.29) is 5.69 Å². The number of nitro benzene ring substituents is 1. The Kier molecular flexibility index (Phi) is 2.64. The lowest BCUT2D eigenvalue weighted by atomic mass is 9.90. The van der Waals surface area contributed by atoms with Crippen LogP contribution in [0.1, 0.15) is 35.8 Å². The Hall–Kier alpha value is -1.92. The van der Waals surface area contributed by atoms with Gasteiger partial charge >= 0.3 is 6.18 Å². The van der Waals surface area contributed by atoms with E-state index in [0.717, 1.165) is 0 Å². The van der Waals surface area contributed by atoms with Gasteiger partial charge < -0.3 is 0 Å². The lowest BCUT2D eigenvalue weighted by Crippen LogP contribution is -2.32. The van der Waals surface area contributed by atoms with Crippen LogP contribution in [0.3, 0.4) is 0 Å². The van der Waals surface area contributed by atoms with E-state index < -0.39 is 34.6 Å². The standard InChI is InChI=1S/C13H10F3NO3/c14-13(15,16)12(18)11-8-3-4-9(11)10-5-6(17(19)20)1-2-7(8)10/h1-2,5,8-9,11H,3-4H2/t8-,9-,11-/m0/s1. The number of halogens is 3. The molecule has 2 aliphatic carbocycles. The first-order valence-electron chi connectivity index (χ1n) is 6.20. The summed E-state index contributed by atoms with van der Waals surface area (Å²) in [5.74, 6) is -3.80. The number of nitrogens with zero attached hydrogens (tertiary/aromatic N) is 1. The van der Waals surface area contributed by atoms with Gasteiger partial charge in [0.1, 0.15) is 0 Å². The predicted octanol–water partition coefficient (Wildman–Crippen LogP) is 3.32. The SMILES string of the molecule is O=C([C@H]1[C@H]2CC[C@H]1c1cc([N+](=O)[O-])ccc12)C(F)(F)F. The maximum Gasteiger partial charge on any atom is 0.450 e. The zero-order valence-corrected chi connectivity index (χ0v) is 10.2. The highest BCUT2D eigenvalue weighted by molar-refractivity contribution is 5.89. The molecule has 2 aliphatic rings. The molecule has 0 heterocycles. The first-order valence-corrected chi connectivity index (χ1v) is 6.20. The fourth-order valence-electron chi connectivity index (χ4n) is 3.59. The van der Waals surface area contributed by atoms with Crippen LogP contribution in [0, 0.1) is 16.0 Å². The summed E-state index contributed by atoms with van der Waals surface area (Å²) in [6.07, 6.45) is -3.84. The molecule has 106 valence electrons. The van der Waals surface area contributed by atoms with Crippen molar-refractivity contribution < 1.29 is 22.9 Å². The Morgan fingerprint density at radius 3 is 2.35 bits per heavy atom. The molecule has 1 saturated carbocycles. The Bertz CT molecular complexity index is 611. The van der Waals surface area contributed by atoms with Crippen LogP contribution in [0.25, 0.3) is 0 Å². The number of hydrogen-bond acceptors (Lipinski definition) is 3. The van der Waals surface area contributed by atoms with Gasteiger partial charge in [-0.25, -0.2) is 0 Å². The molecule has 0 unspecified atom stereocenters. The highest BCUT2D eigenvalue weighted by Crippen LogP contribution is 2.59. The third-order valence-corrected chi connectivity index (χ3v) is 4.32. The van der Waals surface area contributed by atoms with Crippen LogP contribution in [-0.2, 0) is 4.79 Å². The van der Waals surface area contributed by atoms with Crippen LogP contribution >= 0.6 is 0 Å². The topological polar surface area (TPSA) is 60.2 Å². The number of carbonyl (C=O) groups is 1. The number of ketones is 1. The average Bonchev–Trinajstić information content (AvgIpc) is 2.92. The number of nitro groups is 1. The molecule has 0 aliphatic heterocycles. The average molecular weight is 285 g/mol. The fourth-order valence-corrected chi connectivity index (χ4v) is 3.59. The molecule has 0 amide bonds. The number of hydrogen-bond donors (Lipinski definition) is 0. The van der Waals surface area contributed by atoms with Gasteiger partial charge in [-0.15, -0.1) is 0 Å². The lowest BCUT2D eigenvalue weighted by Gasteiger charge is -2.16. The molecule has 1 aromatic rings. The second kappa shape index (κ2) is 4.04. The summed E-state index contributed by atoms with van der Waals surface area (Å²) in [7, 11) is 0. The summed E-state index contributed by atoms with van der Waals surface area (Å²) < 4.78 is 37.9. The monoisotopic (exact) mass is 285 g/mol. The van der Waals surface area contributed by atoms with Crippen molar-refractivity contribution in [2.75, 3.05) is 0 Å². The minimum absolute atomic E-state index is 0.144. The number of carbonyl (C=O) groups excluding carboxylic acids is 1. The van der Waals surface area contributed by atoms with Gasteiger partial charge in [0.2, 0.25) is 5.78 Å². The molecule has 3 atom stereocenters. The smallest absolute Gasteiger partial charge is 0.289 e. The van der Waals surface area contributed by atoms with Gasteiger partial charge in [0, 0.05) is 18.1 Å². The summed E-state index contributed by atoms with van der Waals surface area (Å²) in [6, 6.07) is 4.10. The van der Waals surface area contributed by atoms with Crippen molar-refractivity contribution in [2.45, 2.75) is 30.9 Å². The Balaban J connectivity index is 2.02. The van der Waals surface area contributed by atoms with Crippen LogP contribution in [0.2, 0.25) is 0 Å². The molecular weight excluding hydrogens is 275 g/mol. The predicted molar refractivity (Wildman–Crippen MR) is 62.4 cm³/mol. The van der Waals surface area contributed by atoms with E-state index in [0.29, 0.717) is 24.0 Å². The molecule has 3 rings (SSSR count). The molecule has 1 aromatic carbocycles. The molecule has 7 heteroatoms. The first kappa shape index (κ1) is 13.1. The molecular formula is C13H10F3NO3. The van der Waals surface area contributed by atoms with E-state index in [4.69, 9.17) is 0 Å². The number of rotatable bonds is 2. The summed E-state index contributed by atoms with van der Waals surface area (Å²) in [5, 5.41) is 10.7. The van der Waals surface area contributed by atoms with Crippen LogP contribution in [0.15, 0.2) is 18.2 Å². The zero-order chi connectivity index (χ0) is 14.7. The molecule has 0 saturated heterocycles. The second-order valence-electron chi connectivity index (χ2n) is 5.25. The largest absolute Gasteiger partial charge is 0.450 e. The van der Waals surface area contributed by atoms with Gasteiger partial charge in [0.15, 0.2) is 0 Å². The van der Waals surface area contributed by atoms with Gasteiger partial charge in [0.25, 0.3) is 5.69 Å². The second-order valence-corrected chi connectivity index (χ2v) is 5.25. The molecule has 2 bridgehead atoms. The molecule has 0 radical (unpaired) electrons. The van der Waals surface area contributed by atoms with E-state index in [9.17, 15) is 28.1 Å². The maximum atomic E-state index is 12.6. The highest BCUT2D eigenvalue weighted by Gasteiger charge is 2.56. The van der Waals surface area contributed by atoms with E-state index in [2.05, 4.69) is 0 Å². The fraction of sp³-hybridized carbons (Fsp3) is 0.462.